The molecule has 9 rings (SSSR count). The summed E-state index contributed by atoms with van der Waals surface area (Å²) in [7, 11) is 0. The molecule has 5 aromatic carbocycles. The van der Waals surface area contributed by atoms with Crippen molar-refractivity contribution in [1.82, 2.24) is 9.55 Å². The minimum Gasteiger partial charge on any atom is -0.454 e. The first kappa shape index (κ1) is 19.1. The Morgan fingerprint density at radius 2 is 1.11 bits per heavy atom. The van der Waals surface area contributed by atoms with Crippen LogP contribution in [0.5, 0.6) is 0 Å². The lowest BCUT2D eigenvalue weighted by atomic mass is 10.1. The summed E-state index contributed by atoms with van der Waals surface area (Å²) >= 11 is 0. The van der Waals surface area contributed by atoms with Gasteiger partial charge in [0.2, 0.25) is 0 Å². The number of fused-ring (bicyclic) bond motifs is 11. The maximum atomic E-state index is 6.57. The summed E-state index contributed by atoms with van der Waals surface area (Å²) in [5.74, 6) is 0. The molecule has 172 valence electrons. The van der Waals surface area contributed by atoms with E-state index in [1.165, 1.54) is 5.39 Å². The molecule has 0 aliphatic carbocycles. The molecule has 0 amide bonds. The fraction of sp³-hybridized carbons (Fsp3) is 0. The van der Waals surface area contributed by atoms with E-state index in [1.807, 2.05) is 36.4 Å². The third-order valence-electron chi connectivity index (χ3n) is 7.58. The van der Waals surface area contributed by atoms with Gasteiger partial charge in [-0.25, -0.2) is 4.98 Å². The Morgan fingerprint density at radius 3 is 1.97 bits per heavy atom. The highest BCUT2D eigenvalue weighted by atomic mass is 16.3. The van der Waals surface area contributed by atoms with Crippen LogP contribution >= 0.6 is 0 Å². The van der Waals surface area contributed by atoms with E-state index in [0.717, 1.165) is 77.0 Å². The van der Waals surface area contributed by atoms with Crippen molar-refractivity contribution >= 4 is 76.7 Å². The SMILES string of the molecule is c1ccc2c(-n3c4ccccc4c4ccc5c6ccccc6oc5c43)c3oc4ccccc4c3nc2c1. The monoisotopic (exact) mass is 474 g/mol. The van der Waals surface area contributed by atoms with Gasteiger partial charge in [-0.15, -0.1) is 0 Å². The van der Waals surface area contributed by atoms with Crippen molar-refractivity contribution in [3.8, 4) is 5.69 Å². The Bertz CT molecular complexity index is 2370. The van der Waals surface area contributed by atoms with Crippen molar-refractivity contribution in [1.29, 1.82) is 0 Å². The standard InChI is InChI=1S/C33H18N2O2/c1-5-13-25-23(11-1)31(33-29(34-25)24-12-4-8-16-28(24)37-33)35-26-14-6-2-9-19(26)21-17-18-22-20-10-3-7-15-27(20)36-32(22)30(21)35/h1-18H. The van der Waals surface area contributed by atoms with E-state index >= 15 is 0 Å². The summed E-state index contributed by atoms with van der Waals surface area (Å²) in [6.45, 7) is 0. The molecule has 0 fully saturated rings. The van der Waals surface area contributed by atoms with E-state index in [4.69, 9.17) is 13.8 Å². The predicted octanol–water partition coefficient (Wildman–Crippen LogP) is 9.13. The summed E-state index contributed by atoms with van der Waals surface area (Å²) in [6, 6.07) is 37.6. The van der Waals surface area contributed by atoms with Crippen molar-refractivity contribution < 1.29 is 8.83 Å². The molecule has 37 heavy (non-hydrogen) atoms. The van der Waals surface area contributed by atoms with Crippen LogP contribution in [0.4, 0.5) is 0 Å². The van der Waals surface area contributed by atoms with Gasteiger partial charge in [-0.1, -0.05) is 72.8 Å². The summed E-state index contributed by atoms with van der Waals surface area (Å²) in [5.41, 5.74) is 8.28. The number of rotatable bonds is 1. The minimum absolute atomic E-state index is 0.774. The molecule has 0 atom stereocenters. The molecule has 4 heterocycles. The van der Waals surface area contributed by atoms with Gasteiger partial charge in [0.25, 0.3) is 0 Å². The van der Waals surface area contributed by atoms with Crippen LogP contribution in [0.3, 0.4) is 0 Å². The second kappa shape index (κ2) is 6.77. The van der Waals surface area contributed by atoms with Crippen LogP contribution in [-0.4, -0.2) is 9.55 Å². The Hall–Kier alpha value is -5.09. The zero-order valence-corrected chi connectivity index (χ0v) is 19.6. The molecule has 4 aromatic heterocycles. The summed E-state index contributed by atoms with van der Waals surface area (Å²) in [6.07, 6.45) is 0. The van der Waals surface area contributed by atoms with E-state index in [0.29, 0.717) is 0 Å². The first-order chi connectivity index (χ1) is 18.4. The van der Waals surface area contributed by atoms with Crippen molar-refractivity contribution in [2.75, 3.05) is 0 Å². The van der Waals surface area contributed by atoms with Crippen molar-refractivity contribution in [2.45, 2.75) is 0 Å². The molecule has 0 aliphatic rings. The fourth-order valence-corrected chi connectivity index (χ4v) is 6.00. The topological polar surface area (TPSA) is 44.1 Å². The lowest BCUT2D eigenvalue weighted by molar-refractivity contribution is 0.665. The first-order valence-electron chi connectivity index (χ1n) is 12.4. The number of nitrogens with zero attached hydrogens (tertiary/aromatic N) is 2. The van der Waals surface area contributed by atoms with E-state index in [9.17, 15) is 0 Å². The van der Waals surface area contributed by atoms with Crippen molar-refractivity contribution in [2.24, 2.45) is 0 Å². The van der Waals surface area contributed by atoms with Crippen LogP contribution in [0.25, 0.3) is 82.4 Å². The van der Waals surface area contributed by atoms with Crippen LogP contribution in [-0.2, 0) is 0 Å². The maximum absolute atomic E-state index is 6.57. The molecule has 0 aliphatic heterocycles. The maximum Gasteiger partial charge on any atom is 0.178 e. The van der Waals surface area contributed by atoms with Gasteiger partial charge in [0.15, 0.2) is 11.2 Å². The van der Waals surface area contributed by atoms with Crippen LogP contribution in [0.15, 0.2) is 118 Å². The van der Waals surface area contributed by atoms with Gasteiger partial charge in [0, 0.05) is 32.3 Å². The fourth-order valence-electron chi connectivity index (χ4n) is 6.00. The molecule has 4 nitrogen and oxygen atoms in total. The van der Waals surface area contributed by atoms with E-state index in [-0.39, 0.29) is 0 Å². The van der Waals surface area contributed by atoms with Crippen LogP contribution < -0.4 is 0 Å². The van der Waals surface area contributed by atoms with Crippen molar-refractivity contribution in [3.63, 3.8) is 0 Å². The number of hydrogen-bond donors (Lipinski definition) is 0. The summed E-state index contributed by atoms with van der Waals surface area (Å²) in [4.78, 5) is 5.06. The third kappa shape index (κ3) is 2.39. The highest BCUT2D eigenvalue weighted by Gasteiger charge is 2.24. The molecule has 0 saturated carbocycles. The largest absolute Gasteiger partial charge is 0.454 e. The van der Waals surface area contributed by atoms with Gasteiger partial charge in [0.1, 0.15) is 22.4 Å². The second-order valence-corrected chi connectivity index (χ2v) is 9.54. The van der Waals surface area contributed by atoms with Gasteiger partial charge in [-0.3, -0.25) is 0 Å². The second-order valence-electron chi connectivity index (χ2n) is 9.54. The molecule has 0 spiro atoms. The average molecular weight is 475 g/mol. The zero-order chi connectivity index (χ0) is 24.1. The Morgan fingerprint density at radius 1 is 0.486 bits per heavy atom. The molecule has 0 radical (unpaired) electrons. The van der Waals surface area contributed by atoms with E-state index in [2.05, 4.69) is 77.4 Å². The molecule has 0 N–H and O–H groups in total. The van der Waals surface area contributed by atoms with E-state index < -0.39 is 0 Å². The molecule has 0 saturated heterocycles. The Kier molecular flexibility index (Phi) is 3.50. The highest BCUT2D eigenvalue weighted by molar-refractivity contribution is 6.23. The van der Waals surface area contributed by atoms with Gasteiger partial charge < -0.3 is 13.4 Å². The van der Waals surface area contributed by atoms with E-state index in [1.54, 1.807) is 0 Å². The normalized spacial score (nSPS) is 12.3. The number of pyridine rings is 1. The van der Waals surface area contributed by atoms with Gasteiger partial charge in [-0.05, 0) is 36.4 Å². The lowest BCUT2D eigenvalue weighted by Gasteiger charge is -2.12. The van der Waals surface area contributed by atoms with Gasteiger partial charge in [-0.2, -0.15) is 0 Å². The smallest absolute Gasteiger partial charge is 0.178 e. The average Bonchev–Trinajstić information content (AvgIpc) is 3.61. The molecule has 0 bridgehead atoms. The zero-order valence-electron chi connectivity index (χ0n) is 19.6. The lowest BCUT2D eigenvalue weighted by Crippen LogP contribution is -1.98. The Balaban J connectivity index is 1.60. The number of aromatic nitrogens is 2. The van der Waals surface area contributed by atoms with Crippen LogP contribution in [0.1, 0.15) is 0 Å². The highest BCUT2D eigenvalue weighted by Crippen LogP contribution is 2.44. The quantitative estimate of drug-likeness (QED) is 0.238. The van der Waals surface area contributed by atoms with Crippen LogP contribution in [0, 0.1) is 0 Å². The number of para-hydroxylation sites is 4. The minimum atomic E-state index is 0.774. The summed E-state index contributed by atoms with van der Waals surface area (Å²) < 4.78 is 15.5. The molecule has 4 heteroatoms. The first-order valence-corrected chi connectivity index (χ1v) is 12.4. The number of furan rings is 2. The molecular formula is C33H18N2O2. The van der Waals surface area contributed by atoms with Gasteiger partial charge >= 0.3 is 0 Å². The molecular weight excluding hydrogens is 456 g/mol. The predicted molar refractivity (Wildman–Crippen MR) is 151 cm³/mol. The van der Waals surface area contributed by atoms with Gasteiger partial charge in [0.05, 0.1) is 16.6 Å². The Labute approximate surface area is 209 Å². The molecule has 0 unspecified atom stereocenters. The van der Waals surface area contributed by atoms with Crippen LogP contribution in [0.2, 0.25) is 0 Å². The van der Waals surface area contributed by atoms with Crippen molar-refractivity contribution in [3.05, 3.63) is 109 Å². The molecule has 9 aromatic rings. The number of benzene rings is 5. The summed E-state index contributed by atoms with van der Waals surface area (Å²) in [5, 5.41) is 6.58. The third-order valence-corrected chi connectivity index (χ3v) is 7.58. The number of hydrogen-bond acceptors (Lipinski definition) is 3.